The van der Waals surface area contributed by atoms with Gasteiger partial charge in [-0.25, -0.2) is 9.37 Å². The van der Waals surface area contributed by atoms with Crippen molar-refractivity contribution < 1.29 is 32.5 Å². The van der Waals surface area contributed by atoms with E-state index >= 15 is 0 Å². The Morgan fingerprint density at radius 1 is 1.38 bits per heavy atom. The minimum Gasteiger partial charge on any atom is -0.506 e. The monoisotopic (exact) mass is 241 g/mol. The van der Waals surface area contributed by atoms with Gasteiger partial charge in [0.15, 0.2) is 0 Å². The van der Waals surface area contributed by atoms with Gasteiger partial charge in [-0.05, 0) is 0 Å². The number of aliphatic hydroxyl groups is 1. The van der Waals surface area contributed by atoms with Gasteiger partial charge in [0.05, 0.1) is 6.61 Å². The summed E-state index contributed by atoms with van der Waals surface area (Å²) in [5.74, 6) is -1.61. The predicted octanol–water partition coefficient (Wildman–Crippen LogP) is 1.65. The summed E-state index contributed by atoms with van der Waals surface area (Å²) in [6.45, 7) is -2.02. The van der Waals surface area contributed by atoms with Crippen molar-refractivity contribution in [1.82, 2.24) is 4.98 Å². The van der Waals surface area contributed by atoms with Gasteiger partial charge in [0.25, 0.3) is 0 Å². The Morgan fingerprint density at radius 3 is 2.44 bits per heavy atom. The van der Waals surface area contributed by atoms with Crippen molar-refractivity contribution in [3.05, 3.63) is 17.3 Å². The minimum atomic E-state index is -4.97. The highest BCUT2D eigenvalue weighted by atomic mass is 19.4. The Labute approximate surface area is 87.1 Å². The standard InChI is InChI=1S/C8H7F4NO3/c9-2-5-7(15)4(3-14)1-6(13-5)16-8(10,11)12/h1,14-15H,2-3H2. The van der Waals surface area contributed by atoms with Gasteiger partial charge in [0.1, 0.15) is 18.1 Å². The molecular weight excluding hydrogens is 234 g/mol. The molecule has 0 aliphatic carbocycles. The predicted molar refractivity (Wildman–Crippen MR) is 43.3 cm³/mol. The van der Waals surface area contributed by atoms with Crippen LogP contribution in [-0.2, 0) is 13.3 Å². The van der Waals surface area contributed by atoms with Crippen LogP contribution in [0, 0.1) is 0 Å². The van der Waals surface area contributed by atoms with Crippen molar-refractivity contribution >= 4 is 0 Å². The van der Waals surface area contributed by atoms with Crippen LogP contribution in [0.15, 0.2) is 6.07 Å². The molecule has 0 amide bonds. The minimum absolute atomic E-state index is 0.290. The number of alkyl halides is 4. The van der Waals surface area contributed by atoms with Crippen molar-refractivity contribution in [1.29, 1.82) is 0 Å². The number of aromatic nitrogens is 1. The second-order valence-electron chi connectivity index (χ2n) is 2.75. The zero-order valence-corrected chi connectivity index (χ0v) is 7.75. The molecule has 0 aliphatic rings. The molecule has 2 N–H and O–H groups in total. The van der Waals surface area contributed by atoms with Gasteiger partial charge in [-0.3, -0.25) is 0 Å². The number of aromatic hydroxyl groups is 1. The molecule has 4 nitrogen and oxygen atoms in total. The largest absolute Gasteiger partial charge is 0.574 e. The first-order valence-corrected chi connectivity index (χ1v) is 4.01. The molecule has 0 aromatic carbocycles. The third-order valence-corrected chi connectivity index (χ3v) is 1.64. The highest BCUT2D eigenvalue weighted by Gasteiger charge is 2.32. The fraction of sp³-hybridized carbons (Fsp3) is 0.375. The fourth-order valence-corrected chi connectivity index (χ4v) is 1.01. The second-order valence-corrected chi connectivity index (χ2v) is 2.75. The normalized spacial score (nSPS) is 11.6. The van der Waals surface area contributed by atoms with E-state index in [0.717, 1.165) is 0 Å². The van der Waals surface area contributed by atoms with Crippen LogP contribution in [0.3, 0.4) is 0 Å². The van der Waals surface area contributed by atoms with Gasteiger partial charge in [-0.2, -0.15) is 0 Å². The third-order valence-electron chi connectivity index (χ3n) is 1.64. The summed E-state index contributed by atoms with van der Waals surface area (Å²) in [6, 6.07) is 0.683. The maximum atomic E-state index is 12.3. The molecular formula is C8H7F4NO3. The van der Waals surface area contributed by atoms with Crippen LogP contribution in [0.5, 0.6) is 11.6 Å². The maximum absolute atomic E-state index is 12.3. The lowest BCUT2D eigenvalue weighted by molar-refractivity contribution is -0.276. The number of hydrogen-bond donors (Lipinski definition) is 2. The van der Waals surface area contributed by atoms with Crippen molar-refractivity contribution in [2.75, 3.05) is 0 Å². The summed E-state index contributed by atoms with van der Waals surface area (Å²) in [4.78, 5) is 3.11. The maximum Gasteiger partial charge on any atom is 0.574 e. The van der Waals surface area contributed by atoms with E-state index in [1.54, 1.807) is 0 Å². The summed E-state index contributed by atoms with van der Waals surface area (Å²) in [5, 5.41) is 17.9. The lowest BCUT2D eigenvalue weighted by Gasteiger charge is -2.11. The number of pyridine rings is 1. The van der Waals surface area contributed by atoms with Crippen LogP contribution in [0.25, 0.3) is 0 Å². The van der Waals surface area contributed by atoms with E-state index in [1.807, 2.05) is 0 Å². The van der Waals surface area contributed by atoms with E-state index in [-0.39, 0.29) is 5.56 Å². The average Bonchev–Trinajstić information content (AvgIpc) is 2.18. The Kier molecular flexibility index (Phi) is 3.53. The molecule has 0 atom stereocenters. The van der Waals surface area contributed by atoms with Gasteiger partial charge in [-0.1, -0.05) is 0 Å². The van der Waals surface area contributed by atoms with Gasteiger partial charge in [-0.15, -0.1) is 13.2 Å². The van der Waals surface area contributed by atoms with E-state index in [4.69, 9.17) is 5.11 Å². The highest BCUT2D eigenvalue weighted by Crippen LogP contribution is 2.29. The second kappa shape index (κ2) is 4.52. The summed E-state index contributed by atoms with van der Waals surface area (Å²) in [7, 11) is 0. The van der Waals surface area contributed by atoms with Crippen LogP contribution < -0.4 is 4.74 Å². The molecule has 0 spiro atoms. The summed E-state index contributed by atoms with van der Waals surface area (Å²) in [6.07, 6.45) is -4.97. The molecule has 8 heteroatoms. The quantitative estimate of drug-likeness (QED) is 0.790. The van der Waals surface area contributed by atoms with Gasteiger partial charge in [0, 0.05) is 11.6 Å². The smallest absolute Gasteiger partial charge is 0.506 e. The zero-order valence-electron chi connectivity index (χ0n) is 7.75. The van der Waals surface area contributed by atoms with Crippen LogP contribution >= 0.6 is 0 Å². The number of aliphatic hydroxyl groups excluding tert-OH is 1. The molecule has 90 valence electrons. The van der Waals surface area contributed by atoms with Crippen molar-refractivity contribution in [2.24, 2.45) is 0 Å². The Bertz CT molecular complexity index is 355. The zero-order chi connectivity index (χ0) is 12.3. The van der Waals surface area contributed by atoms with Crippen molar-refractivity contribution in [3.8, 4) is 11.6 Å². The molecule has 0 saturated heterocycles. The summed E-state index contributed by atoms with van der Waals surface area (Å²) >= 11 is 0. The van der Waals surface area contributed by atoms with Crippen LogP contribution in [0.2, 0.25) is 0 Å². The molecule has 1 aromatic heterocycles. The van der Waals surface area contributed by atoms with E-state index < -0.39 is 37.0 Å². The van der Waals surface area contributed by atoms with Crippen molar-refractivity contribution in [2.45, 2.75) is 19.6 Å². The van der Waals surface area contributed by atoms with E-state index in [9.17, 15) is 22.7 Å². The molecule has 0 saturated carbocycles. The van der Waals surface area contributed by atoms with E-state index in [2.05, 4.69) is 9.72 Å². The van der Waals surface area contributed by atoms with Gasteiger partial charge in [0.2, 0.25) is 5.88 Å². The summed E-state index contributed by atoms with van der Waals surface area (Å²) in [5.41, 5.74) is -0.910. The molecule has 0 fully saturated rings. The molecule has 1 heterocycles. The summed E-state index contributed by atoms with van der Waals surface area (Å²) < 4.78 is 51.2. The van der Waals surface area contributed by atoms with E-state index in [0.29, 0.717) is 6.07 Å². The fourth-order valence-electron chi connectivity index (χ4n) is 1.01. The Hall–Kier alpha value is -1.57. The lowest BCUT2D eigenvalue weighted by Crippen LogP contribution is -2.18. The van der Waals surface area contributed by atoms with E-state index in [1.165, 1.54) is 0 Å². The first-order valence-electron chi connectivity index (χ1n) is 4.01. The van der Waals surface area contributed by atoms with Gasteiger partial charge >= 0.3 is 6.36 Å². The van der Waals surface area contributed by atoms with Crippen LogP contribution in [0.4, 0.5) is 17.6 Å². The molecule has 0 radical (unpaired) electrons. The SMILES string of the molecule is OCc1cc(OC(F)(F)F)nc(CF)c1O. The van der Waals surface area contributed by atoms with Gasteiger partial charge < -0.3 is 14.9 Å². The number of halogens is 4. The molecule has 0 bridgehead atoms. The first kappa shape index (κ1) is 12.5. The highest BCUT2D eigenvalue weighted by molar-refractivity contribution is 5.39. The number of ether oxygens (including phenoxy) is 1. The number of hydrogen-bond acceptors (Lipinski definition) is 4. The molecule has 0 aliphatic heterocycles. The number of rotatable bonds is 3. The molecule has 1 rings (SSSR count). The van der Waals surface area contributed by atoms with Crippen LogP contribution in [0.1, 0.15) is 11.3 Å². The average molecular weight is 241 g/mol. The molecule has 1 aromatic rings. The Morgan fingerprint density at radius 2 is 2.00 bits per heavy atom. The number of nitrogens with zero attached hydrogens (tertiary/aromatic N) is 1. The van der Waals surface area contributed by atoms with Crippen LogP contribution in [-0.4, -0.2) is 21.6 Å². The lowest BCUT2D eigenvalue weighted by atomic mass is 10.2. The third kappa shape index (κ3) is 2.96. The van der Waals surface area contributed by atoms with Crippen molar-refractivity contribution in [3.63, 3.8) is 0 Å². The Balaban J connectivity index is 3.12. The first-order chi connectivity index (χ1) is 7.37. The molecule has 0 unspecified atom stereocenters. The topological polar surface area (TPSA) is 62.6 Å². The molecule has 16 heavy (non-hydrogen) atoms.